The van der Waals surface area contributed by atoms with Crippen LogP contribution in [0.1, 0.15) is 38.7 Å². The number of nitrogens with one attached hydrogen (secondary N) is 1. The molecule has 2 aromatic carbocycles. The highest BCUT2D eigenvalue weighted by Gasteiger charge is 2.22. The smallest absolute Gasteiger partial charge is 0.273 e. The van der Waals surface area contributed by atoms with Crippen molar-refractivity contribution in [3.63, 3.8) is 0 Å². The highest BCUT2D eigenvalue weighted by Crippen LogP contribution is 2.26. The summed E-state index contributed by atoms with van der Waals surface area (Å²) in [6, 6.07) is 15.3. The summed E-state index contributed by atoms with van der Waals surface area (Å²) in [4.78, 5) is 22.2. The molecule has 4 aromatic rings. The zero-order chi connectivity index (χ0) is 25.7. The number of rotatable bonds is 9. The fraction of sp³-hybridized carbons (Fsp3) is 0.269. The van der Waals surface area contributed by atoms with E-state index in [-0.39, 0.29) is 11.6 Å². The molecule has 0 saturated carbocycles. The van der Waals surface area contributed by atoms with E-state index in [1.165, 1.54) is 11.8 Å². The monoisotopic (exact) mass is 522 g/mol. The Morgan fingerprint density at radius 3 is 2.56 bits per heavy atom. The number of aryl methyl sites for hydroxylation is 3. The van der Waals surface area contributed by atoms with E-state index in [2.05, 4.69) is 25.6 Å². The molecule has 2 aromatic heterocycles. The van der Waals surface area contributed by atoms with Crippen LogP contribution in [0.4, 0.5) is 0 Å². The van der Waals surface area contributed by atoms with Gasteiger partial charge in [0.15, 0.2) is 10.9 Å². The molecule has 36 heavy (non-hydrogen) atoms. The van der Waals surface area contributed by atoms with E-state index < -0.39 is 0 Å². The lowest BCUT2D eigenvalue weighted by Crippen LogP contribution is -2.27. The molecule has 0 fully saturated rings. The van der Waals surface area contributed by atoms with Gasteiger partial charge in [-0.1, -0.05) is 52.8 Å². The maximum absolute atomic E-state index is 13.2. The van der Waals surface area contributed by atoms with E-state index in [9.17, 15) is 4.79 Å². The van der Waals surface area contributed by atoms with Crippen LogP contribution < -0.4 is 10.1 Å². The minimum atomic E-state index is -0.300. The minimum absolute atomic E-state index is 0.253. The van der Waals surface area contributed by atoms with Crippen molar-refractivity contribution in [3.05, 3.63) is 87.5 Å². The summed E-state index contributed by atoms with van der Waals surface area (Å²) in [5.41, 5.74) is 5.35. The maximum Gasteiger partial charge on any atom is 0.273 e. The average Bonchev–Trinajstić information content (AvgIpc) is 3.28. The number of hydrogen-bond acceptors (Lipinski definition) is 7. The number of nitrogens with zero attached hydrogens (tertiary/aromatic N) is 5. The molecule has 186 valence electrons. The molecule has 0 aliphatic heterocycles. The molecule has 0 aliphatic rings. The largest absolute Gasteiger partial charge is 0.496 e. The van der Waals surface area contributed by atoms with E-state index in [1.807, 2.05) is 69.3 Å². The Labute approximate surface area is 219 Å². The van der Waals surface area contributed by atoms with Crippen LogP contribution in [0.3, 0.4) is 0 Å². The normalized spacial score (nSPS) is 10.9. The van der Waals surface area contributed by atoms with Gasteiger partial charge in [-0.3, -0.25) is 4.79 Å². The third-order valence-electron chi connectivity index (χ3n) is 5.55. The number of methoxy groups -OCH3 is 1. The first-order valence-corrected chi connectivity index (χ1v) is 12.8. The summed E-state index contributed by atoms with van der Waals surface area (Å²) in [6.07, 6.45) is 0.623. The SMILES string of the molecule is COc1ccccc1CCNC(=O)c1nnn(-c2ccc(C)c(Cl)c2)c1CSc1nc(C)cc(C)n1. The number of hydrogen-bond donors (Lipinski definition) is 1. The molecular formula is C26H27ClN6O2S. The summed E-state index contributed by atoms with van der Waals surface area (Å²) >= 11 is 7.80. The molecule has 0 saturated heterocycles. The molecule has 0 unspecified atom stereocenters. The topological polar surface area (TPSA) is 94.8 Å². The summed E-state index contributed by atoms with van der Waals surface area (Å²) in [6.45, 7) is 6.22. The van der Waals surface area contributed by atoms with Crippen molar-refractivity contribution < 1.29 is 9.53 Å². The Hall–Kier alpha value is -3.43. The first-order valence-electron chi connectivity index (χ1n) is 11.4. The van der Waals surface area contributed by atoms with Crippen molar-refractivity contribution >= 4 is 29.3 Å². The second kappa shape index (κ2) is 11.5. The lowest BCUT2D eigenvalue weighted by Gasteiger charge is -2.11. The van der Waals surface area contributed by atoms with E-state index in [4.69, 9.17) is 16.3 Å². The van der Waals surface area contributed by atoms with Gasteiger partial charge in [0.1, 0.15) is 5.75 Å². The molecule has 0 atom stereocenters. The number of thioether (sulfide) groups is 1. The second-order valence-electron chi connectivity index (χ2n) is 8.27. The van der Waals surface area contributed by atoms with Crippen molar-refractivity contribution in [1.82, 2.24) is 30.3 Å². The van der Waals surface area contributed by atoms with E-state index in [1.54, 1.807) is 11.8 Å². The summed E-state index contributed by atoms with van der Waals surface area (Å²) in [5.74, 6) is 0.891. The lowest BCUT2D eigenvalue weighted by atomic mass is 10.1. The molecule has 4 rings (SSSR count). The Balaban J connectivity index is 1.58. The molecule has 8 nitrogen and oxygen atoms in total. The predicted octanol–water partition coefficient (Wildman–Crippen LogP) is 4.91. The Kier molecular flexibility index (Phi) is 8.22. The van der Waals surface area contributed by atoms with E-state index in [0.717, 1.165) is 34.0 Å². The molecule has 1 N–H and O–H groups in total. The molecule has 10 heteroatoms. The number of amides is 1. The minimum Gasteiger partial charge on any atom is -0.496 e. The van der Waals surface area contributed by atoms with Gasteiger partial charge in [0, 0.05) is 28.7 Å². The van der Waals surface area contributed by atoms with Gasteiger partial charge >= 0.3 is 0 Å². The van der Waals surface area contributed by atoms with E-state index >= 15 is 0 Å². The number of aromatic nitrogens is 5. The van der Waals surface area contributed by atoms with Crippen LogP contribution >= 0.6 is 23.4 Å². The Morgan fingerprint density at radius 1 is 1.08 bits per heavy atom. The number of carbonyl (C=O) groups is 1. The molecule has 0 bridgehead atoms. The third kappa shape index (κ3) is 6.03. The highest BCUT2D eigenvalue weighted by molar-refractivity contribution is 7.98. The van der Waals surface area contributed by atoms with E-state index in [0.29, 0.717) is 34.6 Å². The predicted molar refractivity (Wildman–Crippen MR) is 141 cm³/mol. The molecule has 0 spiro atoms. The molecule has 0 radical (unpaired) electrons. The van der Waals surface area contributed by atoms with Gasteiger partial charge in [0.05, 0.1) is 18.5 Å². The maximum atomic E-state index is 13.2. The van der Waals surface area contributed by atoms with Crippen molar-refractivity contribution in [2.75, 3.05) is 13.7 Å². The van der Waals surface area contributed by atoms with Crippen LogP contribution in [-0.4, -0.2) is 44.5 Å². The van der Waals surface area contributed by atoms with Crippen molar-refractivity contribution in [1.29, 1.82) is 0 Å². The van der Waals surface area contributed by atoms with Crippen molar-refractivity contribution in [2.45, 2.75) is 38.1 Å². The van der Waals surface area contributed by atoms with Crippen LogP contribution in [0.5, 0.6) is 5.75 Å². The highest BCUT2D eigenvalue weighted by atomic mass is 35.5. The van der Waals surface area contributed by atoms with Gasteiger partial charge < -0.3 is 10.1 Å². The van der Waals surface area contributed by atoms with Crippen LogP contribution in [0, 0.1) is 20.8 Å². The Morgan fingerprint density at radius 2 is 1.83 bits per heavy atom. The van der Waals surface area contributed by atoms with Gasteiger partial charge in [0.25, 0.3) is 5.91 Å². The zero-order valence-corrected chi connectivity index (χ0v) is 22.2. The second-order valence-corrected chi connectivity index (χ2v) is 9.62. The van der Waals surface area contributed by atoms with Crippen LogP contribution in [0.25, 0.3) is 5.69 Å². The standard InChI is InChI=1S/C26H27ClN6O2S/c1-16-9-10-20(14-21(16)27)33-22(15-36-26-29-17(2)13-18(3)30-26)24(31-32-33)25(34)28-12-11-19-7-5-6-8-23(19)35-4/h5-10,13-14H,11-12,15H2,1-4H3,(H,28,34). The van der Waals surface area contributed by atoms with Gasteiger partial charge in [-0.15, -0.1) is 5.10 Å². The lowest BCUT2D eigenvalue weighted by molar-refractivity contribution is 0.0948. The van der Waals surface area contributed by atoms with Crippen LogP contribution in [0.2, 0.25) is 5.02 Å². The number of ether oxygens (including phenoxy) is 1. The summed E-state index contributed by atoms with van der Waals surface area (Å²) in [5, 5.41) is 12.7. The number of para-hydroxylation sites is 1. The summed E-state index contributed by atoms with van der Waals surface area (Å²) in [7, 11) is 1.64. The fourth-order valence-corrected chi connectivity index (χ4v) is 4.84. The Bertz CT molecular complexity index is 1370. The van der Waals surface area contributed by atoms with Gasteiger partial charge in [0.2, 0.25) is 0 Å². The van der Waals surface area contributed by atoms with Gasteiger partial charge in [-0.25, -0.2) is 14.6 Å². The number of benzene rings is 2. The van der Waals surface area contributed by atoms with Crippen molar-refractivity contribution in [2.24, 2.45) is 0 Å². The first kappa shape index (κ1) is 25.7. The van der Waals surface area contributed by atoms with Gasteiger partial charge in [-0.2, -0.15) is 0 Å². The van der Waals surface area contributed by atoms with Crippen LogP contribution in [0.15, 0.2) is 53.7 Å². The third-order valence-corrected chi connectivity index (χ3v) is 6.82. The summed E-state index contributed by atoms with van der Waals surface area (Å²) < 4.78 is 7.05. The molecule has 0 aliphatic carbocycles. The average molecular weight is 523 g/mol. The quantitative estimate of drug-likeness (QED) is 0.246. The fourth-order valence-electron chi connectivity index (χ4n) is 3.72. The molecule has 2 heterocycles. The van der Waals surface area contributed by atoms with Crippen LogP contribution in [-0.2, 0) is 12.2 Å². The first-order chi connectivity index (χ1) is 17.4. The van der Waals surface area contributed by atoms with Crippen molar-refractivity contribution in [3.8, 4) is 11.4 Å². The molecular weight excluding hydrogens is 496 g/mol. The number of halogens is 1. The van der Waals surface area contributed by atoms with Gasteiger partial charge in [-0.05, 0) is 62.6 Å². The zero-order valence-electron chi connectivity index (χ0n) is 20.6. The number of carbonyl (C=O) groups excluding carboxylic acids is 1. The molecule has 1 amide bonds.